The van der Waals surface area contributed by atoms with E-state index in [9.17, 15) is 22.8 Å². The van der Waals surface area contributed by atoms with Gasteiger partial charge in [0.25, 0.3) is 5.91 Å². The zero-order valence-corrected chi connectivity index (χ0v) is 24.1. The molecule has 2 aliphatic rings. The molecular weight excluding hydrogens is 535 g/mol. The largest absolute Gasteiger partial charge is 0.421 e. The third kappa shape index (κ3) is 7.87. The molecule has 2 amide bonds. The first-order chi connectivity index (χ1) is 19.4. The summed E-state index contributed by atoms with van der Waals surface area (Å²) in [7, 11) is 3.89. The highest BCUT2D eigenvalue weighted by Gasteiger charge is 2.37. The smallest absolute Gasteiger partial charge is 0.365 e. The minimum atomic E-state index is -4.66. The van der Waals surface area contributed by atoms with Crippen LogP contribution in [0.15, 0.2) is 30.5 Å². The predicted octanol–water partition coefficient (Wildman–Crippen LogP) is 4.90. The molecule has 2 aromatic rings. The van der Waals surface area contributed by atoms with E-state index < -0.39 is 17.8 Å². The summed E-state index contributed by atoms with van der Waals surface area (Å²) >= 11 is 0. The van der Waals surface area contributed by atoms with Gasteiger partial charge in [0.2, 0.25) is 11.9 Å². The maximum atomic E-state index is 13.9. The zero-order chi connectivity index (χ0) is 29.7. The lowest BCUT2D eigenvalue weighted by Crippen LogP contribution is -2.49. The van der Waals surface area contributed by atoms with Crippen LogP contribution in [0, 0.1) is 5.92 Å². The molecule has 0 spiro atoms. The fourth-order valence-electron chi connectivity index (χ4n) is 5.34. The molecule has 1 aromatic heterocycles. The molecule has 1 aliphatic carbocycles. The Morgan fingerprint density at radius 2 is 1.66 bits per heavy atom. The number of nitrogens with zero attached hydrogens (tertiary/aromatic N) is 4. The molecule has 0 bridgehead atoms. The highest BCUT2D eigenvalue weighted by molar-refractivity contribution is 5.94. The number of hydrogen-bond acceptors (Lipinski definition) is 7. The number of carbonyl (C=O) groups excluding carboxylic acids is 2. The van der Waals surface area contributed by atoms with Crippen LogP contribution < -0.4 is 16.0 Å². The lowest BCUT2D eigenvalue weighted by atomic mass is 9.89. The molecule has 41 heavy (non-hydrogen) atoms. The van der Waals surface area contributed by atoms with Crippen molar-refractivity contribution in [1.29, 1.82) is 0 Å². The van der Waals surface area contributed by atoms with Crippen molar-refractivity contribution in [3.05, 3.63) is 41.6 Å². The average Bonchev–Trinajstić information content (AvgIpc) is 2.93. The summed E-state index contributed by atoms with van der Waals surface area (Å²) < 4.78 is 41.6. The molecule has 1 saturated heterocycles. The van der Waals surface area contributed by atoms with Crippen LogP contribution in [-0.2, 0) is 11.0 Å². The van der Waals surface area contributed by atoms with Crippen LogP contribution in [0.25, 0.3) is 0 Å². The van der Waals surface area contributed by atoms with Crippen LogP contribution in [0.1, 0.15) is 68.3 Å². The summed E-state index contributed by atoms with van der Waals surface area (Å²) in [5, 5.41) is 8.89. The maximum Gasteiger partial charge on any atom is 0.421 e. The number of nitrogens with one attached hydrogen (secondary N) is 3. The SMILES string of the molecule is CC(C)C(=O)N[C@H]1CCCC[C@H]1Nc1nc(Nc2ccc(C(=O)N(C)C3CCN(C)CC3)cc2)ncc1C(F)(F)F. The van der Waals surface area contributed by atoms with Crippen molar-refractivity contribution in [2.75, 3.05) is 37.8 Å². The van der Waals surface area contributed by atoms with Crippen LogP contribution in [0.3, 0.4) is 0 Å². The number of likely N-dealkylation sites (tertiary alicyclic amines) is 1. The van der Waals surface area contributed by atoms with Crippen molar-refractivity contribution in [2.24, 2.45) is 5.92 Å². The molecule has 1 saturated carbocycles. The topological polar surface area (TPSA) is 102 Å². The van der Waals surface area contributed by atoms with Crippen LogP contribution >= 0.6 is 0 Å². The summed E-state index contributed by atoms with van der Waals surface area (Å²) in [6.45, 7) is 5.45. The number of rotatable bonds is 8. The van der Waals surface area contributed by atoms with Crippen molar-refractivity contribution in [3.8, 4) is 0 Å². The van der Waals surface area contributed by atoms with Crippen molar-refractivity contribution < 1.29 is 22.8 Å². The molecule has 1 aliphatic heterocycles. The highest BCUT2D eigenvalue weighted by Crippen LogP contribution is 2.35. The van der Waals surface area contributed by atoms with E-state index in [0.29, 0.717) is 24.1 Å². The molecule has 2 heterocycles. The molecule has 1 aromatic carbocycles. The molecule has 2 atom stereocenters. The van der Waals surface area contributed by atoms with Crippen LogP contribution in [-0.4, -0.2) is 76.9 Å². The molecule has 9 nitrogen and oxygen atoms in total. The Morgan fingerprint density at radius 3 is 2.27 bits per heavy atom. The van der Waals surface area contributed by atoms with Gasteiger partial charge >= 0.3 is 6.18 Å². The molecule has 0 radical (unpaired) electrons. The summed E-state index contributed by atoms with van der Waals surface area (Å²) in [6, 6.07) is 6.22. The van der Waals surface area contributed by atoms with Crippen molar-refractivity contribution in [3.63, 3.8) is 0 Å². The fraction of sp³-hybridized carbons (Fsp3) is 0.586. The van der Waals surface area contributed by atoms with Crippen LogP contribution in [0.4, 0.5) is 30.6 Å². The first kappa shape index (κ1) is 30.5. The molecule has 4 rings (SSSR count). The zero-order valence-electron chi connectivity index (χ0n) is 24.1. The summed E-state index contributed by atoms with van der Waals surface area (Å²) in [4.78, 5) is 37.5. The van der Waals surface area contributed by atoms with Gasteiger partial charge in [-0.15, -0.1) is 0 Å². The first-order valence-electron chi connectivity index (χ1n) is 14.3. The summed E-state index contributed by atoms with van der Waals surface area (Å²) in [5.74, 6) is -0.785. The second kappa shape index (κ2) is 13.1. The Morgan fingerprint density at radius 1 is 1.02 bits per heavy atom. The second-order valence-electron chi connectivity index (χ2n) is 11.4. The van der Waals surface area contributed by atoms with Crippen LogP contribution in [0.2, 0.25) is 0 Å². The van der Waals surface area contributed by atoms with Gasteiger partial charge in [-0.3, -0.25) is 9.59 Å². The third-order valence-corrected chi connectivity index (χ3v) is 7.98. The number of hydrogen-bond donors (Lipinski definition) is 3. The van der Waals surface area contributed by atoms with E-state index in [1.54, 1.807) is 43.0 Å². The van der Waals surface area contributed by atoms with Crippen molar-refractivity contribution in [1.82, 2.24) is 25.1 Å². The van der Waals surface area contributed by atoms with E-state index in [1.165, 1.54) is 0 Å². The van der Waals surface area contributed by atoms with Gasteiger partial charge in [0.05, 0.1) is 0 Å². The van der Waals surface area contributed by atoms with E-state index in [1.807, 2.05) is 7.05 Å². The molecular formula is C29H40F3N7O2. The Labute approximate surface area is 239 Å². The quantitative estimate of drug-likeness (QED) is 0.412. The standard InChI is InChI=1S/C29H40F3N7O2/c1-18(2)26(40)36-24-8-6-5-7-23(24)35-25-22(29(30,31)32)17-33-28(37-25)34-20-11-9-19(10-12-20)27(41)39(4)21-13-15-38(3)16-14-21/h9-12,17-18,21,23-24H,5-8,13-16H2,1-4H3,(H,36,40)(H2,33,34,35,37)/t23-,24+/m1/s1. The van der Waals surface area contributed by atoms with Gasteiger partial charge in [-0.25, -0.2) is 4.98 Å². The Bertz CT molecular complexity index is 1200. The predicted molar refractivity (Wildman–Crippen MR) is 152 cm³/mol. The number of piperidine rings is 1. The van der Waals surface area contributed by atoms with E-state index in [0.717, 1.165) is 45.0 Å². The number of carbonyl (C=O) groups is 2. The minimum Gasteiger partial charge on any atom is -0.365 e. The second-order valence-corrected chi connectivity index (χ2v) is 11.4. The van der Waals surface area contributed by atoms with Crippen molar-refractivity contribution in [2.45, 2.75) is 76.7 Å². The Hall–Kier alpha value is -3.41. The molecule has 12 heteroatoms. The lowest BCUT2D eigenvalue weighted by molar-refractivity contribution is -0.137. The lowest BCUT2D eigenvalue weighted by Gasteiger charge is -2.35. The number of aromatic nitrogens is 2. The number of halogens is 3. The number of anilines is 3. The fourth-order valence-corrected chi connectivity index (χ4v) is 5.34. The third-order valence-electron chi connectivity index (χ3n) is 7.98. The highest BCUT2D eigenvalue weighted by atomic mass is 19.4. The minimum absolute atomic E-state index is 0.0124. The van der Waals surface area contributed by atoms with Gasteiger partial charge in [-0.1, -0.05) is 26.7 Å². The average molecular weight is 576 g/mol. The summed E-state index contributed by atoms with van der Waals surface area (Å²) in [6.07, 6.45) is 0.944. The van der Waals surface area contributed by atoms with E-state index >= 15 is 0 Å². The maximum absolute atomic E-state index is 13.9. The summed E-state index contributed by atoms with van der Waals surface area (Å²) in [5.41, 5.74) is 0.0915. The van der Waals surface area contributed by atoms with Crippen LogP contribution in [0.5, 0.6) is 0 Å². The Balaban J connectivity index is 1.48. The van der Waals surface area contributed by atoms with Gasteiger partial charge in [0, 0.05) is 48.5 Å². The van der Waals surface area contributed by atoms with E-state index in [2.05, 4.69) is 37.9 Å². The number of amides is 2. The van der Waals surface area contributed by atoms with E-state index in [4.69, 9.17) is 0 Å². The van der Waals surface area contributed by atoms with Gasteiger partial charge < -0.3 is 25.8 Å². The molecule has 224 valence electrons. The van der Waals surface area contributed by atoms with Gasteiger partial charge in [0.1, 0.15) is 11.4 Å². The van der Waals surface area contributed by atoms with Gasteiger partial charge in [0.15, 0.2) is 0 Å². The van der Waals surface area contributed by atoms with Gasteiger partial charge in [-0.05, 0) is 70.1 Å². The van der Waals surface area contributed by atoms with E-state index in [-0.39, 0.29) is 41.6 Å². The number of alkyl halides is 3. The van der Waals surface area contributed by atoms with Crippen molar-refractivity contribution >= 4 is 29.3 Å². The van der Waals surface area contributed by atoms with Gasteiger partial charge in [-0.2, -0.15) is 18.2 Å². The first-order valence-corrected chi connectivity index (χ1v) is 14.3. The Kier molecular flexibility index (Phi) is 9.72. The monoisotopic (exact) mass is 575 g/mol. The molecule has 2 fully saturated rings. The molecule has 0 unspecified atom stereocenters. The molecule has 3 N–H and O–H groups in total. The number of benzene rings is 1. The normalized spacial score (nSPS) is 20.5.